The van der Waals surface area contributed by atoms with Crippen LogP contribution in [0.4, 0.5) is 5.69 Å². The van der Waals surface area contributed by atoms with Crippen molar-refractivity contribution in [3.63, 3.8) is 0 Å². The summed E-state index contributed by atoms with van der Waals surface area (Å²) in [5.74, 6) is 6.65. The molecular formula is C38H43ClN6O2S. The molecule has 0 amide bonds. The van der Waals surface area contributed by atoms with Crippen molar-refractivity contribution in [2.75, 3.05) is 64.0 Å². The van der Waals surface area contributed by atoms with Crippen LogP contribution in [0.1, 0.15) is 39.9 Å². The van der Waals surface area contributed by atoms with E-state index in [-0.39, 0.29) is 0 Å². The first kappa shape index (κ1) is 32.9. The van der Waals surface area contributed by atoms with Gasteiger partial charge in [0.05, 0.1) is 17.0 Å². The van der Waals surface area contributed by atoms with Crippen molar-refractivity contribution >= 4 is 27.3 Å². The molecule has 10 heteroatoms. The van der Waals surface area contributed by atoms with Crippen molar-refractivity contribution in [3.8, 4) is 23.1 Å². The molecule has 3 aliphatic rings. The number of aryl methyl sites for hydroxylation is 1. The molecule has 0 saturated carbocycles. The average Bonchev–Trinajstić information content (AvgIpc) is 3.46. The molecule has 0 atom stereocenters. The molecule has 1 saturated heterocycles. The zero-order valence-corrected chi connectivity index (χ0v) is 29.4. The summed E-state index contributed by atoms with van der Waals surface area (Å²) in [5, 5.41) is 5.72. The van der Waals surface area contributed by atoms with Crippen molar-refractivity contribution < 1.29 is 8.42 Å². The fraction of sp³-hybridized carbons (Fsp3) is 0.395. The summed E-state index contributed by atoms with van der Waals surface area (Å²) in [6.45, 7) is 8.71. The van der Waals surface area contributed by atoms with Crippen LogP contribution in [0.15, 0.2) is 66.7 Å². The van der Waals surface area contributed by atoms with E-state index in [2.05, 4.69) is 86.8 Å². The number of aromatic nitrogens is 2. The number of nitrogens with zero attached hydrogens (tertiary/aromatic N) is 6. The minimum absolute atomic E-state index is 0.318. The molecule has 0 N–H and O–H groups in total. The Morgan fingerprint density at radius 2 is 1.65 bits per heavy atom. The van der Waals surface area contributed by atoms with Gasteiger partial charge in [-0.25, -0.2) is 8.42 Å². The second-order valence-corrected chi connectivity index (χ2v) is 15.7. The molecular weight excluding hydrogens is 640 g/mol. The van der Waals surface area contributed by atoms with Gasteiger partial charge in [0, 0.05) is 106 Å². The summed E-state index contributed by atoms with van der Waals surface area (Å²) in [7, 11) is -1.19. The van der Waals surface area contributed by atoms with Crippen LogP contribution in [0, 0.1) is 11.8 Å². The molecule has 7 rings (SSSR count). The summed E-state index contributed by atoms with van der Waals surface area (Å²) >= 11 is 6.67. The molecule has 250 valence electrons. The van der Waals surface area contributed by atoms with Crippen molar-refractivity contribution in [1.82, 2.24) is 23.9 Å². The van der Waals surface area contributed by atoms with E-state index in [0.717, 1.165) is 98.8 Å². The molecule has 0 bridgehead atoms. The van der Waals surface area contributed by atoms with Gasteiger partial charge in [-0.3, -0.25) is 9.58 Å². The van der Waals surface area contributed by atoms with Gasteiger partial charge in [0.1, 0.15) is 0 Å². The van der Waals surface area contributed by atoms with Crippen molar-refractivity contribution in [1.29, 1.82) is 0 Å². The number of halogens is 1. The molecule has 0 spiro atoms. The Balaban J connectivity index is 1.10. The van der Waals surface area contributed by atoms with Gasteiger partial charge < -0.3 is 9.80 Å². The molecule has 3 aromatic carbocycles. The molecule has 1 aromatic heterocycles. The molecule has 4 heterocycles. The largest absolute Gasteiger partial charge is 0.369 e. The predicted octanol–water partition coefficient (Wildman–Crippen LogP) is 5.12. The van der Waals surface area contributed by atoms with E-state index in [1.807, 2.05) is 18.2 Å². The van der Waals surface area contributed by atoms with Crippen LogP contribution < -0.4 is 4.90 Å². The zero-order valence-electron chi connectivity index (χ0n) is 27.8. The van der Waals surface area contributed by atoms with Crippen LogP contribution in [0.5, 0.6) is 0 Å². The number of likely N-dealkylation sites (N-methyl/N-ethyl adjacent to an activating group) is 1. The maximum absolute atomic E-state index is 12.6. The first-order chi connectivity index (χ1) is 23.2. The molecule has 8 nitrogen and oxygen atoms in total. The predicted molar refractivity (Wildman–Crippen MR) is 194 cm³/mol. The summed E-state index contributed by atoms with van der Waals surface area (Å²) in [6.07, 6.45) is 3.96. The van der Waals surface area contributed by atoms with Gasteiger partial charge in [-0.05, 0) is 67.4 Å². The number of rotatable bonds is 7. The maximum atomic E-state index is 12.6. The highest BCUT2D eigenvalue weighted by atomic mass is 35.5. The smallest absolute Gasteiger partial charge is 0.211 e. The lowest BCUT2D eigenvalue weighted by molar-refractivity contribution is 0.248. The van der Waals surface area contributed by atoms with Gasteiger partial charge in [-0.1, -0.05) is 53.8 Å². The van der Waals surface area contributed by atoms with Gasteiger partial charge in [-0.15, -0.1) is 0 Å². The lowest BCUT2D eigenvalue weighted by atomic mass is 9.97. The van der Waals surface area contributed by atoms with E-state index in [4.69, 9.17) is 16.7 Å². The van der Waals surface area contributed by atoms with E-state index in [0.29, 0.717) is 24.5 Å². The first-order valence-corrected chi connectivity index (χ1v) is 19.1. The summed E-state index contributed by atoms with van der Waals surface area (Å²) in [5.41, 5.74) is 9.53. The average molecular weight is 683 g/mol. The molecule has 1 fully saturated rings. The van der Waals surface area contributed by atoms with Gasteiger partial charge in [0.15, 0.2) is 0 Å². The van der Waals surface area contributed by atoms with Gasteiger partial charge in [0.2, 0.25) is 10.0 Å². The second kappa shape index (κ2) is 14.1. The number of piperazine rings is 1. The maximum Gasteiger partial charge on any atom is 0.211 e. The number of fused-ring (bicyclic) bond motifs is 2. The fourth-order valence-electron chi connectivity index (χ4n) is 7.16. The highest BCUT2D eigenvalue weighted by Gasteiger charge is 2.30. The van der Waals surface area contributed by atoms with Crippen LogP contribution in [0.25, 0.3) is 11.3 Å². The van der Waals surface area contributed by atoms with Gasteiger partial charge in [-0.2, -0.15) is 9.40 Å². The highest BCUT2D eigenvalue weighted by Crippen LogP contribution is 2.33. The van der Waals surface area contributed by atoms with Crippen LogP contribution in [-0.4, -0.2) is 91.4 Å². The van der Waals surface area contributed by atoms with E-state index in [1.54, 1.807) is 4.31 Å². The Bertz CT molecular complexity index is 1960. The second-order valence-electron chi connectivity index (χ2n) is 13.3. The number of hydrogen-bond acceptors (Lipinski definition) is 6. The Hall–Kier alpha value is -3.65. The SMILES string of the molecule is CN1CCc2ccc(C#Cc3cc(-c4nn(CCCN5CCN(c6ccccc6)CC5)c5c4CN(S(C)(=O)=O)CC5)ccc3Cl)cc2C1. The highest BCUT2D eigenvalue weighted by molar-refractivity contribution is 7.88. The Kier molecular flexibility index (Phi) is 9.63. The van der Waals surface area contributed by atoms with Crippen molar-refractivity contribution in [3.05, 3.63) is 105 Å². The van der Waals surface area contributed by atoms with E-state index in [9.17, 15) is 8.42 Å². The van der Waals surface area contributed by atoms with E-state index < -0.39 is 10.0 Å². The minimum atomic E-state index is -3.34. The monoisotopic (exact) mass is 682 g/mol. The molecule has 0 radical (unpaired) electrons. The lowest BCUT2D eigenvalue weighted by Crippen LogP contribution is -2.46. The number of sulfonamides is 1. The Morgan fingerprint density at radius 1 is 0.833 bits per heavy atom. The molecule has 48 heavy (non-hydrogen) atoms. The van der Waals surface area contributed by atoms with E-state index >= 15 is 0 Å². The fourth-order valence-corrected chi connectivity index (χ4v) is 8.11. The topological polar surface area (TPSA) is 64.9 Å². The van der Waals surface area contributed by atoms with Gasteiger partial charge >= 0.3 is 0 Å². The number of hydrogen-bond donors (Lipinski definition) is 0. The number of anilines is 1. The first-order valence-electron chi connectivity index (χ1n) is 16.9. The van der Waals surface area contributed by atoms with Crippen molar-refractivity contribution in [2.45, 2.75) is 38.9 Å². The molecule has 0 aliphatic carbocycles. The van der Waals surface area contributed by atoms with Crippen molar-refractivity contribution in [2.24, 2.45) is 0 Å². The zero-order chi connectivity index (χ0) is 33.3. The standard InChI is InChI=1S/C38H43ClN6O2S/c1-41-19-15-30-11-9-29(25-33(30)27-41)10-12-31-26-32(13-14-36(31)39)38-35-28-44(48(2,46)47)20-16-37(35)45(40-38)18-6-17-42-21-23-43(24-22-42)34-7-4-3-5-8-34/h3-5,7-9,11,13-14,25-26H,6,15-24,27-28H2,1-2H3. The minimum Gasteiger partial charge on any atom is -0.369 e. The van der Waals surface area contributed by atoms with Gasteiger partial charge in [0.25, 0.3) is 0 Å². The normalized spacial score (nSPS) is 17.4. The molecule has 0 unspecified atom stereocenters. The summed E-state index contributed by atoms with van der Waals surface area (Å²) < 4.78 is 28.9. The van der Waals surface area contributed by atoms with Crippen LogP contribution in [0.3, 0.4) is 0 Å². The number of para-hydroxylation sites is 1. The summed E-state index contributed by atoms with van der Waals surface area (Å²) in [4.78, 5) is 7.32. The molecule has 3 aliphatic heterocycles. The van der Waals surface area contributed by atoms with Crippen LogP contribution in [0.2, 0.25) is 5.02 Å². The Labute approximate surface area is 289 Å². The third-order valence-corrected chi connectivity index (χ3v) is 11.5. The quantitative estimate of drug-likeness (QED) is 0.252. The third kappa shape index (κ3) is 7.34. The lowest BCUT2D eigenvalue weighted by Gasteiger charge is -2.36. The number of benzene rings is 3. The summed E-state index contributed by atoms with van der Waals surface area (Å²) in [6, 6.07) is 23.0. The molecule has 4 aromatic rings. The van der Waals surface area contributed by atoms with Crippen LogP contribution >= 0.6 is 11.6 Å². The Morgan fingerprint density at radius 3 is 2.44 bits per heavy atom. The third-order valence-electron chi connectivity index (χ3n) is 9.90. The van der Waals surface area contributed by atoms with Crippen LogP contribution in [-0.2, 0) is 42.5 Å². The van der Waals surface area contributed by atoms with E-state index in [1.165, 1.54) is 23.1 Å².